The maximum Gasteiger partial charge on any atom is 0.254 e. The summed E-state index contributed by atoms with van der Waals surface area (Å²) in [6.45, 7) is 5.90. The lowest BCUT2D eigenvalue weighted by Gasteiger charge is -2.44. The Kier molecular flexibility index (Phi) is 7.36. The number of nitrogens with one attached hydrogen (secondary N) is 1. The first-order valence-corrected chi connectivity index (χ1v) is 13.7. The Morgan fingerprint density at radius 1 is 1.08 bits per heavy atom. The molecule has 37 heavy (non-hydrogen) atoms. The fraction of sp³-hybridized carbons (Fsp3) is 0.586. The molecule has 8 heteroatoms. The van der Waals surface area contributed by atoms with Crippen molar-refractivity contribution < 1.29 is 14.3 Å². The number of aromatic nitrogens is 2. The van der Waals surface area contributed by atoms with Crippen LogP contribution in [0.2, 0.25) is 0 Å². The van der Waals surface area contributed by atoms with Crippen molar-refractivity contribution in [3.63, 3.8) is 0 Å². The first-order valence-electron chi connectivity index (χ1n) is 13.7. The van der Waals surface area contributed by atoms with E-state index >= 15 is 0 Å². The van der Waals surface area contributed by atoms with E-state index in [2.05, 4.69) is 27.0 Å². The van der Waals surface area contributed by atoms with Crippen LogP contribution in [0.4, 0.5) is 0 Å². The molecule has 1 atom stereocenters. The standard InChI is InChI=1S/C29H38N4O4/c1-20-24(27(35)31-21(2)30-20)18-26(34)32-16-13-29(14-17-32)12-6-5-9-22-8-3-4-11-25(22)37-19-23-10-7-15-33(23)28(29)36/h3-4,8,11,23H,5-7,9-10,12-19H2,1-2H3,(H,30,31,35)/t23-/m0/s1. The van der Waals surface area contributed by atoms with Gasteiger partial charge in [-0.2, -0.15) is 0 Å². The van der Waals surface area contributed by atoms with Gasteiger partial charge in [0.05, 0.1) is 17.9 Å². The monoisotopic (exact) mass is 506 g/mol. The van der Waals surface area contributed by atoms with E-state index in [0.29, 0.717) is 49.6 Å². The van der Waals surface area contributed by atoms with Crippen LogP contribution in [0.1, 0.15) is 67.6 Å². The predicted molar refractivity (Wildman–Crippen MR) is 141 cm³/mol. The minimum Gasteiger partial charge on any atom is -0.491 e. The summed E-state index contributed by atoms with van der Waals surface area (Å²) in [5, 5.41) is 0. The van der Waals surface area contributed by atoms with E-state index in [1.807, 2.05) is 17.0 Å². The fourth-order valence-electron chi connectivity index (χ4n) is 6.37. The molecule has 4 heterocycles. The smallest absolute Gasteiger partial charge is 0.254 e. The summed E-state index contributed by atoms with van der Waals surface area (Å²) in [6, 6.07) is 8.36. The zero-order valence-corrected chi connectivity index (χ0v) is 22.1. The molecule has 3 aliphatic rings. The highest BCUT2D eigenvalue weighted by atomic mass is 16.5. The lowest BCUT2D eigenvalue weighted by molar-refractivity contribution is -0.150. The van der Waals surface area contributed by atoms with Gasteiger partial charge in [0.1, 0.15) is 18.2 Å². The average molecular weight is 507 g/mol. The Bertz CT molecular complexity index is 1210. The van der Waals surface area contributed by atoms with Crippen LogP contribution in [0, 0.1) is 19.3 Å². The number of aromatic amines is 1. The molecule has 2 aromatic rings. The van der Waals surface area contributed by atoms with Crippen molar-refractivity contribution in [1.29, 1.82) is 0 Å². The Labute approximate surface area is 218 Å². The largest absolute Gasteiger partial charge is 0.491 e. The van der Waals surface area contributed by atoms with Crippen LogP contribution in [0.25, 0.3) is 0 Å². The highest BCUT2D eigenvalue weighted by molar-refractivity contribution is 5.84. The van der Waals surface area contributed by atoms with Gasteiger partial charge >= 0.3 is 0 Å². The maximum atomic E-state index is 14.1. The number of aryl methyl sites for hydroxylation is 3. The summed E-state index contributed by atoms with van der Waals surface area (Å²) >= 11 is 0. The summed E-state index contributed by atoms with van der Waals surface area (Å²) in [6.07, 6.45) is 7.10. The molecule has 0 unspecified atom stereocenters. The van der Waals surface area contributed by atoms with Crippen molar-refractivity contribution in [2.75, 3.05) is 26.2 Å². The van der Waals surface area contributed by atoms with Crippen molar-refractivity contribution in [2.24, 2.45) is 5.41 Å². The highest BCUT2D eigenvalue weighted by Crippen LogP contribution is 2.41. The van der Waals surface area contributed by atoms with Crippen LogP contribution in [0.5, 0.6) is 5.75 Å². The van der Waals surface area contributed by atoms with Crippen LogP contribution in [0.15, 0.2) is 29.1 Å². The van der Waals surface area contributed by atoms with Crippen LogP contribution >= 0.6 is 0 Å². The highest BCUT2D eigenvalue weighted by Gasteiger charge is 2.46. The third-order valence-corrected chi connectivity index (χ3v) is 8.59. The van der Waals surface area contributed by atoms with Crippen molar-refractivity contribution >= 4 is 11.8 Å². The number of amides is 2. The number of fused-ring (bicyclic) bond motifs is 2. The number of piperidine rings is 1. The van der Waals surface area contributed by atoms with E-state index in [4.69, 9.17) is 4.74 Å². The Balaban J connectivity index is 1.30. The molecule has 2 fully saturated rings. The van der Waals surface area contributed by atoms with Crippen LogP contribution < -0.4 is 10.3 Å². The molecule has 0 aliphatic carbocycles. The van der Waals surface area contributed by atoms with Gasteiger partial charge < -0.3 is 19.5 Å². The first kappa shape index (κ1) is 25.5. The van der Waals surface area contributed by atoms with E-state index in [-0.39, 0.29) is 29.8 Å². The molecule has 1 aromatic heterocycles. The van der Waals surface area contributed by atoms with Gasteiger partial charge in [-0.3, -0.25) is 14.4 Å². The van der Waals surface area contributed by atoms with E-state index < -0.39 is 5.41 Å². The third kappa shape index (κ3) is 5.29. The van der Waals surface area contributed by atoms with Gasteiger partial charge in [-0.25, -0.2) is 4.98 Å². The topological polar surface area (TPSA) is 95.6 Å². The number of nitrogens with zero attached hydrogens (tertiary/aromatic N) is 3. The Morgan fingerprint density at radius 3 is 2.65 bits per heavy atom. The fourth-order valence-corrected chi connectivity index (χ4v) is 6.37. The maximum absolute atomic E-state index is 14.1. The van der Waals surface area contributed by atoms with Crippen molar-refractivity contribution in [3.8, 4) is 5.75 Å². The molecule has 1 N–H and O–H groups in total. The zero-order valence-electron chi connectivity index (χ0n) is 22.1. The third-order valence-electron chi connectivity index (χ3n) is 8.59. The molecular weight excluding hydrogens is 468 g/mol. The van der Waals surface area contributed by atoms with Gasteiger partial charge in [0.15, 0.2) is 0 Å². The molecule has 2 saturated heterocycles. The molecule has 1 spiro atoms. The average Bonchev–Trinajstić information content (AvgIpc) is 3.35. The van der Waals surface area contributed by atoms with Gasteiger partial charge in [0.25, 0.3) is 5.56 Å². The second-order valence-corrected chi connectivity index (χ2v) is 11.0. The van der Waals surface area contributed by atoms with E-state index in [0.717, 1.165) is 50.8 Å². The Morgan fingerprint density at radius 2 is 1.86 bits per heavy atom. The lowest BCUT2D eigenvalue weighted by Crippen LogP contribution is -2.53. The minimum absolute atomic E-state index is 0.0420. The summed E-state index contributed by atoms with van der Waals surface area (Å²) < 4.78 is 6.25. The van der Waals surface area contributed by atoms with Crippen LogP contribution in [-0.4, -0.2) is 63.9 Å². The molecule has 0 saturated carbocycles. The lowest BCUT2D eigenvalue weighted by atomic mass is 9.72. The quantitative estimate of drug-likeness (QED) is 0.674. The minimum atomic E-state index is -0.434. The second-order valence-electron chi connectivity index (χ2n) is 11.0. The molecular formula is C29H38N4O4. The summed E-state index contributed by atoms with van der Waals surface area (Å²) in [4.78, 5) is 50.5. The van der Waals surface area contributed by atoms with Crippen molar-refractivity contribution in [1.82, 2.24) is 19.8 Å². The number of H-pyrrole nitrogens is 1. The molecule has 2 amide bonds. The van der Waals surface area contributed by atoms with Crippen LogP contribution in [0.3, 0.4) is 0 Å². The first-order chi connectivity index (χ1) is 17.9. The van der Waals surface area contributed by atoms with E-state index in [1.165, 1.54) is 5.56 Å². The second kappa shape index (κ2) is 10.7. The van der Waals surface area contributed by atoms with Gasteiger partial charge in [-0.05, 0) is 70.4 Å². The normalized spacial score (nSPS) is 22.0. The Hall–Kier alpha value is -3.16. The number of ether oxygens (including phenoxy) is 1. The molecule has 1 aromatic carbocycles. The number of hydrogen-bond donors (Lipinski definition) is 1. The van der Waals surface area contributed by atoms with Gasteiger partial charge in [-0.1, -0.05) is 24.6 Å². The summed E-state index contributed by atoms with van der Waals surface area (Å²) in [5.74, 6) is 1.67. The molecule has 0 bridgehead atoms. The number of carbonyl (C=O) groups is 2. The van der Waals surface area contributed by atoms with Gasteiger partial charge in [0.2, 0.25) is 11.8 Å². The van der Waals surface area contributed by atoms with Crippen LogP contribution in [-0.2, 0) is 22.4 Å². The SMILES string of the molecule is Cc1nc(C)c(CC(=O)N2CCC3(CCCCc4ccccc4OC[C@@H]4CCCN4C3=O)CC2)c(=O)[nH]1. The van der Waals surface area contributed by atoms with E-state index in [1.54, 1.807) is 13.8 Å². The molecule has 8 nitrogen and oxygen atoms in total. The number of likely N-dealkylation sites (tertiary alicyclic amines) is 1. The number of hydrogen-bond acceptors (Lipinski definition) is 5. The van der Waals surface area contributed by atoms with Crippen molar-refractivity contribution in [3.05, 3.63) is 57.3 Å². The zero-order chi connectivity index (χ0) is 26.0. The van der Waals surface area contributed by atoms with Crippen molar-refractivity contribution in [2.45, 2.75) is 77.7 Å². The summed E-state index contributed by atoms with van der Waals surface area (Å²) in [5.41, 5.74) is 1.59. The molecule has 198 valence electrons. The number of benzene rings is 1. The predicted octanol–water partition coefficient (Wildman–Crippen LogP) is 3.33. The van der Waals surface area contributed by atoms with Gasteiger partial charge in [-0.15, -0.1) is 0 Å². The molecule has 5 rings (SSSR count). The number of para-hydroxylation sites is 1. The number of rotatable bonds is 2. The number of carbonyl (C=O) groups excluding carboxylic acids is 2. The summed E-state index contributed by atoms with van der Waals surface area (Å²) in [7, 11) is 0. The van der Waals surface area contributed by atoms with Gasteiger partial charge in [0, 0.05) is 30.9 Å². The molecule has 0 radical (unpaired) electrons. The van der Waals surface area contributed by atoms with E-state index in [9.17, 15) is 14.4 Å². The molecule has 3 aliphatic heterocycles.